The zero-order chi connectivity index (χ0) is 42.3. The summed E-state index contributed by atoms with van der Waals surface area (Å²) in [6.45, 7) is 14.6. The van der Waals surface area contributed by atoms with E-state index in [0.717, 1.165) is 17.5 Å². The number of carbonyl (C=O) groups is 4. The Morgan fingerprint density at radius 1 is 0.586 bits per heavy atom. The standard InChI is InChI=1S/C46H56N2O10/c1-9-31(2)47-42(50)36-22-20-34(55-29-32-16-12-10-13-17-32)26-39(36)53-24-25-54-40-27-35(56-30-33-18-14-11-15-19-33)21-23-37(40)43(51)48-38(44(52)58-46(6,7)8)28-41(49)57-45(3,4)5/h10-23,26-27,31,38H,9,24-25,28-30H2,1-8H3,(H,47,50)(H,48,51)/t31-,38-/m1/s1. The van der Waals surface area contributed by atoms with Gasteiger partial charge in [-0.1, -0.05) is 67.6 Å². The number of benzene rings is 4. The fourth-order valence-corrected chi connectivity index (χ4v) is 5.34. The van der Waals surface area contributed by atoms with Crippen LogP contribution in [0.1, 0.15) is 100 Å². The summed E-state index contributed by atoms with van der Waals surface area (Å²) in [4.78, 5) is 53.3. The number of nitrogens with one attached hydrogen (secondary N) is 2. The second-order valence-corrected chi connectivity index (χ2v) is 15.7. The van der Waals surface area contributed by atoms with Crippen LogP contribution in [0.3, 0.4) is 0 Å². The van der Waals surface area contributed by atoms with E-state index >= 15 is 0 Å². The highest BCUT2D eigenvalue weighted by Crippen LogP contribution is 2.29. The Morgan fingerprint density at radius 3 is 1.47 bits per heavy atom. The average molecular weight is 797 g/mol. The second-order valence-electron chi connectivity index (χ2n) is 15.7. The fourth-order valence-electron chi connectivity index (χ4n) is 5.34. The lowest BCUT2D eigenvalue weighted by molar-refractivity contribution is -0.164. The first-order valence-electron chi connectivity index (χ1n) is 19.4. The van der Waals surface area contributed by atoms with E-state index in [1.54, 1.807) is 71.9 Å². The summed E-state index contributed by atoms with van der Waals surface area (Å²) in [5, 5.41) is 5.63. The predicted molar refractivity (Wildman–Crippen MR) is 220 cm³/mol. The quantitative estimate of drug-likeness (QED) is 0.0707. The Labute approximate surface area is 341 Å². The highest BCUT2D eigenvalue weighted by Gasteiger charge is 2.32. The molecule has 0 aliphatic heterocycles. The summed E-state index contributed by atoms with van der Waals surface area (Å²) in [7, 11) is 0. The highest BCUT2D eigenvalue weighted by atomic mass is 16.6. The van der Waals surface area contributed by atoms with Crippen LogP contribution in [0.25, 0.3) is 0 Å². The number of esters is 2. The molecule has 4 aromatic carbocycles. The summed E-state index contributed by atoms with van der Waals surface area (Å²) in [6.07, 6.45) is 0.291. The maximum atomic E-state index is 13.9. The topological polar surface area (TPSA) is 148 Å². The van der Waals surface area contributed by atoms with Gasteiger partial charge in [0.15, 0.2) is 0 Å². The van der Waals surface area contributed by atoms with Crippen molar-refractivity contribution in [2.45, 2.75) is 105 Å². The van der Waals surface area contributed by atoms with Gasteiger partial charge >= 0.3 is 11.9 Å². The van der Waals surface area contributed by atoms with Crippen molar-refractivity contribution in [3.05, 3.63) is 119 Å². The van der Waals surface area contributed by atoms with Crippen LogP contribution in [0.5, 0.6) is 23.0 Å². The van der Waals surface area contributed by atoms with Crippen molar-refractivity contribution in [3.63, 3.8) is 0 Å². The van der Waals surface area contributed by atoms with Crippen molar-refractivity contribution in [1.29, 1.82) is 0 Å². The Morgan fingerprint density at radius 2 is 1.03 bits per heavy atom. The van der Waals surface area contributed by atoms with E-state index in [-0.39, 0.29) is 48.8 Å². The molecule has 4 rings (SSSR count). The maximum Gasteiger partial charge on any atom is 0.329 e. The minimum absolute atomic E-state index is 0.0267. The number of rotatable bonds is 19. The zero-order valence-corrected chi connectivity index (χ0v) is 34.7. The smallest absolute Gasteiger partial charge is 0.329 e. The molecule has 0 spiro atoms. The minimum atomic E-state index is -1.36. The Kier molecular flexibility index (Phi) is 16.1. The van der Waals surface area contributed by atoms with Crippen LogP contribution < -0.4 is 29.6 Å². The molecule has 0 saturated heterocycles. The van der Waals surface area contributed by atoms with E-state index in [1.165, 1.54) is 6.07 Å². The molecule has 0 unspecified atom stereocenters. The Balaban J connectivity index is 1.56. The first-order chi connectivity index (χ1) is 27.5. The summed E-state index contributed by atoms with van der Waals surface area (Å²) >= 11 is 0. The molecule has 0 bridgehead atoms. The summed E-state index contributed by atoms with van der Waals surface area (Å²) in [6, 6.07) is 27.6. The van der Waals surface area contributed by atoms with Gasteiger partial charge in [-0.2, -0.15) is 0 Å². The van der Waals surface area contributed by atoms with Crippen molar-refractivity contribution in [2.75, 3.05) is 13.2 Å². The van der Waals surface area contributed by atoms with E-state index in [1.807, 2.05) is 74.5 Å². The molecule has 2 atom stereocenters. The van der Waals surface area contributed by atoms with Gasteiger partial charge in [0.05, 0.1) is 17.5 Å². The van der Waals surface area contributed by atoms with Crippen LogP contribution in [-0.4, -0.2) is 60.3 Å². The maximum absolute atomic E-state index is 13.9. The van der Waals surface area contributed by atoms with Gasteiger partial charge in [-0.3, -0.25) is 14.4 Å². The molecular formula is C46H56N2O10. The molecule has 12 nitrogen and oxygen atoms in total. The lowest BCUT2D eigenvalue weighted by atomic mass is 10.1. The highest BCUT2D eigenvalue weighted by molar-refractivity contribution is 6.00. The first kappa shape index (κ1) is 44.7. The van der Waals surface area contributed by atoms with Crippen molar-refractivity contribution >= 4 is 23.8 Å². The number of amides is 2. The van der Waals surface area contributed by atoms with E-state index < -0.39 is 41.5 Å². The monoisotopic (exact) mass is 796 g/mol. The fraction of sp³-hybridized carbons (Fsp3) is 0.391. The number of hydrogen-bond donors (Lipinski definition) is 2. The molecule has 0 aromatic heterocycles. The van der Waals surface area contributed by atoms with Gasteiger partial charge in [-0.25, -0.2) is 4.79 Å². The van der Waals surface area contributed by atoms with E-state index in [2.05, 4.69) is 10.6 Å². The number of carbonyl (C=O) groups excluding carboxylic acids is 4. The van der Waals surface area contributed by atoms with Gasteiger partial charge in [0, 0.05) is 18.2 Å². The largest absolute Gasteiger partial charge is 0.489 e. The van der Waals surface area contributed by atoms with Crippen molar-refractivity contribution in [1.82, 2.24) is 10.6 Å². The van der Waals surface area contributed by atoms with Crippen molar-refractivity contribution < 1.29 is 47.6 Å². The molecule has 58 heavy (non-hydrogen) atoms. The van der Waals surface area contributed by atoms with E-state index in [0.29, 0.717) is 23.7 Å². The normalized spacial score (nSPS) is 12.3. The number of hydrogen-bond acceptors (Lipinski definition) is 10. The van der Waals surface area contributed by atoms with E-state index in [4.69, 9.17) is 28.4 Å². The van der Waals surface area contributed by atoms with Crippen LogP contribution in [0.15, 0.2) is 97.1 Å². The summed E-state index contributed by atoms with van der Waals surface area (Å²) in [5.74, 6) is -1.14. The van der Waals surface area contributed by atoms with E-state index in [9.17, 15) is 19.2 Å². The zero-order valence-electron chi connectivity index (χ0n) is 34.7. The molecule has 0 aliphatic carbocycles. The summed E-state index contributed by atoms with van der Waals surface area (Å²) in [5.41, 5.74) is 0.603. The first-order valence-corrected chi connectivity index (χ1v) is 19.4. The molecule has 0 saturated carbocycles. The van der Waals surface area contributed by atoms with Crippen molar-refractivity contribution in [2.24, 2.45) is 0 Å². The Hall–Kier alpha value is -6.04. The van der Waals surface area contributed by atoms with Crippen LogP contribution >= 0.6 is 0 Å². The lowest BCUT2D eigenvalue weighted by Crippen LogP contribution is -2.46. The van der Waals surface area contributed by atoms with Crippen LogP contribution in [0.4, 0.5) is 0 Å². The van der Waals surface area contributed by atoms with Crippen LogP contribution in [-0.2, 0) is 32.3 Å². The van der Waals surface area contributed by atoms with Gasteiger partial charge in [0.1, 0.15) is 66.7 Å². The minimum Gasteiger partial charge on any atom is -0.489 e. The van der Waals surface area contributed by atoms with Crippen LogP contribution in [0.2, 0.25) is 0 Å². The van der Waals surface area contributed by atoms with Gasteiger partial charge in [-0.05, 0) is 90.3 Å². The molecule has 12 heteroatoms. The van der Waals surface area contributed by atoms with Crippen molar-refractivity contribution in [3.8, 4) is 23.0 Å². The SMILES string of the molecule is CC[C@@H](C)NC(=O)c1ccc(OCc2ccccc2)cc1OCCOc1cc(OCc2ccccc2)ccc1C(=O)N[C@H](CC(=O)OC(C)(C)C)C(=O)OC(C)(C)C. The average Bonchev–Trinajstić information content (AvgIpc) is 3.17. The molecule has 4 aromatic rings. The third-order valence-electron chi connectivity index (χ3n) is 8.27. The third-order valence-corrected chi connectivity index (χ3v) is 8.27. The van der Waals surface area contributed by atoms with Gasteiger partial charge in [-0.15, -0.1) is 0 Å². The van der Waals surface area contributed by atoms with Gasteiger partial charge in [0.2, 0.25) is 0 Å². The Bertz CT molecular complexity index is 1970. The third kappa shape index (κ3) is 15.1. The van der Waals surface area contributed by atoms with Gasteiger partial charge < -0.3 is 39.1 Å². The van der Waals surface area contributed by atoms with Gasteiger partial charge in [0.25, 0.3) is 11.8 Å². The molecule has 0 heterocycles. The molecule has 0 aliphatic rings. The molecule has 0 fully saturated rings. The molecule has 2 amide bonds. The second kappa shape index (κ2) is 20.9. The lowest BCUT2D eigenvalue weighted by Gasteiger charge is -2.26. The molecular weight excluding hydrogens is 741 g/mol. The molecule has 310 valence electrons. The molecule has 2 N–H and O–H groups in total. The number of ether oxygens (including phenoxy) is 6. The predicted octanol–water partition coefficient (Wildman–Crippen LogP) is 8.00. The summed E-state index contributed by atoms with van der Waals surface area (Å²) < 4.78 is 35.3. The molecule has 0 radical (unpaired) electrons. The van der Waals surface area contributed by atoms with Crippen LogP contribution in [0, 0.1) is 0 Å².